The van der Waals surface area contributed by atoms with Crippen LogP contribution in [0.2, 0.25) is 0 Å². The third-order valence-electron chi connectivity index (χ3n) is 6.06. The summed E-state index contributed by atoms with van der Waals surface area (Å²) < 4.78 is 13.6. The van der Waals surface area contributed by atoms with Crippen molar-refractivity contribution >= 4 is 33.9 Å². The monoisotopic (exact) mass is 437 g/mol. The van der Waals surface area contributed by atoms with Gasteiger partial charge in [0.2, 0.25) is 0 Å². The first kappa shape index (κ1) is 20.6. The van der Waals surface area contributed by atoms with Crippen LogP contribution in [0, 0.1) is 12.7 Å². The van der Waals surface area contributed by atoms with Gasteiger partial charge in [0.05, 0.1) is 11.6 Å². The van der Waals surface area contributed by atoms with Gasteiger partial charge in [-0.05, 0) is 59.2 Å². The molecule has 0 spiro atoms. The van der Waals surface area contributed by atoms with Gasteiger partial charge in [0.1, 0.15) is 11.6 Å². The normalized spacial score (nSPS) is 17.6. The van der Waals surface area contributed by atoms with Crippen LogP contribution in [0.25, 0.3) is 16.5 Å². The summed E-state index contributed by atoms with van der Waals surface area (Å²) in [5, 5.41) is 13.2. The van der Waals surface area contributed by atoms with E-state index in [1.807, 2.05) is 61.5 Å². The van der Waals surface area contributed by atoms with Gasteiger partial charge in [-0.15, -0.1) is 0 Å². The Morgan fingerprint density at radius 1 is 0.848 bits per heavy atom. The van der Waals surface area contributed by atoms with Gasteiger partial charge in [0.15, 0.2) is 0 Å². The number of nitrogens with zero attached hydrogens (tertiary/aromatic N) is 1. The van der Waals surface area contributed by atoms with E-state index >= 15 is 0 Å². The van der Waals surface area contributed by atoms with Gasteiger partial charge in [0.25, 0.3) is 11.7 Å². The molecule has 1 heterocycles. The summed E-state index contributed by atoms with van der Waals surface area (Å²) in [5.74, 6) is -2.23. The Labute approximate surface area is 190 Å². The second-order valence-electron chi connectivity index (χ2n) is 8.06. The number of carbonyl (C=O) groups excluding carboxylic acids is 2. The average Bonchev–Trinajstić information content (AvgIpc) is 3.09. The zero-order chi connectivity index (χ0) is 23.1. The summed E-state index contributed by atoms with van der Waals surface area (Å²) in [6.07, 6.45) is 0. The molecule has 162 valence electrons. The number of rotatable bonds is 3. The molecule has 5 heteroatoms. The molecule has 4 nitrogen and oxygen atoms in total. The Morgan fingerprint density at radius 3 is 2.24 bits per heavy atom. The third-order valence-corrected chi connectivity index (χ3v) is 6.06. The molecular formula is C28H20FNO3. The van der Waals surface area contributed by atoms with Crippen LogP contribution in [0.15, 0.2) is 96.6 Å². The first-order valence-corrected chi connectivity index (χ1v) is 10.6. The molecule has 1 amide bonds. The molecule has 1 N–H and O–H groups in total. The molecule has 0 bridgehead atoms. The standard InChI is InChI=1S/C28H20FNO3/c1-17-6-2-5-9-23(17)25-24(26(31)20-11-10-18-7-3-4-8-19(18)16-20)27(32)28(33)30(25)22-14-12-21(29)13-15-22/h2-16,25,31H,1H3/b26-24+. The molecule has 0 aromatic heterocycles. The number of fused-ring (bicyclic) bond motifs is 1. The molecule has 1 saturated heterocycles. The van der Waals surface area contributed by atoms with E-state index in [0.717, 1.165) is 16.3 Å². The van der Waals surface area contributed by atoms with Crippen molar-refractivity contribution in [2.45, 2.75) is 13.0 Å². The predicted octanol–water partition coefficient (Wildman–Crippen LogP) is 5.91. The van der Waals surface area contributed by atoms with Gasteiger partial charge >= 0.3 is 0 Å². The summed E-state index contributed by atoms with van der Waals surface area (Å²) >= 11 is 0. The van der Waals surface area contributed by atoms with Crippen LogP contribution in [-0.4, -0.2) is 16.8 Å². The van der Waals surface area contributed by atoms with E-state index in [1.54, 1.807) is 12.1 Å². The van der Waals surface area contributed by atoms with Gasteiger partial charge in [0, 0.05) is 11.3 Å². The van der Waals surface area contributed by atoms with Gasteiger partial charge < -0.3 is 5.11 Å². The number of anilines is 1. The lowest BCUT2D eigenvalue weighted by Crippen LogP contribution is -2.29. The van der Waals surface area contributed by atoms with E-state index < -0.39 is 23.5 Å². The van der Waals surface area contributed by atoms with Crippen molar-refractivity contribution in [2.24, 2.45) is 0 Å². The molecule has 0 radical (unpaired) electrons. The van der Waals surface area contributed by atoms with Crippen molar-refractivity contribution in [3.8, 4) is 0 Å². The lowest BCUT2D eigenvalue weighted by molar-refractivity contribution is -0.132. The van der Waals surface area contributed by atoms with E-state index in [1.165, 1.54) is 29.2 Å². The van der Waals surface area contributed by atoms with Gasteiger partial charge in [-0.1, -0.05) is 60.7 Å². The highest BCUT2D eigenvalue weighted by Gasteiger charge is 2.47. The second-order valence-corrected chi connectivity index (χ2v) is 8.06. The Bertz CT molecular complexity index is 1440. The Morgan fingerprint density at radius 2 is 1.52 bits per heavy atom. The minimum Gasteiger partial charge on any atom is -0.507 e. The highest BCUT2D eigenvalue weighted by Crippen LogP contribution is 2.43. The van der Waals surface area contributed by atoms with Crippen LogP contribution in [0.4, 0.5) is 10.1 Å². The molecule has 0 saturated carbocycles. The average molecular weight is 437 g/mol. The predicted molar refractivity (Wildman–Crippen MR) is 126 cm³/mol. The van der Waals surface area contributed by atoms with E-state index in [-0.39, 0.29) is 11.3 Å². The number of amides is 1. The first-order valence-electron chi connectivity index (χ1n) is 10.6. The van der Waals surface area contributed by atoms with Crippen molar-refractivity contribution in [2.75, 3.05) is 4.90 Å². The number of benzene rings is 4. The number of aliphatic hydroxyl groups is 1. The van der Waals surface area contributed by atoms with Crippen LogP contribution in [-0.2, 0) is 9.59 Å². The Balaban J connectivity index is 1.74. The summed E-state index contributed by atoms with van der Waals surface area (Å²) in [6, 6.07) is 25.1. The van der Waals surface area contributed by atoms with Crippen LogP contribution in [0.1, 0.15) is 22.7 Å². The number of hydrogen-bond acceptors (Lipinski definition) is 3. The lowest BCUT2D eigenvalue weighted by Gasteiger charge is -2.26. The highest BCUT2D eigenvalue weighted by molar-refractivity contribution is 6.51. The summed E-state index contributed by atoms with van der Waals surface area (Å²) in [5.41, 5.74) is 2.41. The van der Waals surface area contributed by atoms with Crippen molar-refractivity contribution < 1.29 is 19.1 Å². The molecular weight excluding hydrogens is 417 g/mol. The third kappa shape index (κ3) is 3.48. The number of Topliss-reactive ketones (excluding diaryl/α,β-unsaturated/α-hetero) is 1. The fourth-order valence-corrected chi connectivity index (χ4v) is 4.38. The zero-order valence-electron chi connectivity index (χ0n) is 17.8. The smallest absolute Gasteiger partial charge is 0.300 e. The van der Waals surface area contributed by atoms with E-state index in [2.05, 4.69) is 0 Å². The minimum atomic E-state index is -0.844. The molecule has 0 aliphatic carbocycles. The topological polar surface area (TPSA) is 57.6 Å². The van der Waals surface area contributed by atoms with Crippen LogP contribution in [0.5, 0.6) is 0 Å². The number of carbonyl (C=O) groups is 2. The number of ketones is 1. The quantitative estimate of drug-likeness (QED) is 0.246. The molecule has 1 aliphatic rings. The first-order chi connectivity index (χ1) is 16.0. The Kier molecular flexibility index (Phi) is 5.02. The number of hydrogen-bond donors (Lipinski definition) is 1. The number of aliphatic hydroxyl groups excluding tert-OH is 1. The molecule has 1 fully saturated rings. The maximum Gasteiger partial charge on any atom is 0.300 e. The molecule has 33 heavy (non-hydrogen) atoms. The second kappa shape index (κ2) is 8.02. The SMILES string of the molecule is Cc1ccccc1C1/C(=C(\O)c2ccc3ccccc3c2)C(=O)C(=O)N1c1ccc(F)cc1. The van der Waals surface area contributed by atoms with Crippen molar-refractivity contribution in [1.82, 2.24) is 0 Å². The fraction of sp³-hybridized carbons (Fsp3) is 0.0714. The van der Waals surface area contributed by atoms with E-state index in [0.29, 0.717) is 16.8 Å². The summed E-state index contributed by atoms with van der Waals surface area (Å²) in [4.78, 5) is 27.8. The zero-order valence-corrected chi connectivity index (χ0v) is 17.8. The van der Waals surface area contributed by atoms with Gasteiger partial charge in [-0.2, -0.15) is 0 Å². The molecule has 1 atom stereocenters. The molecule has 1 unspecified atom stereocenters. The number of aryl methyl sites for hydroxylation is 1. The highest BCUT2D eigenvalue weighted by atomic mass is 19.1. The van der Waals surface area contributed by atoms with E-state index in [4.69, 9.17) is 0 Å². The largest absolute Gasteiger partial charge is 0.507 e. The molecule has 1 aliphatic heterocycles. The maximum atomic E-state index is 13.6. The molecule has 4 aromatic carbocycles. The van der Waals surface area contributed by atoms with Gasteiger partial charge in [-0.3, -0.25) is 14.5 Å². The van der Waals surface area contributed by atoms with Crippen molar-refractivity contribution in [3.05, 3.63) is 119 Å². The Hall–Kier alpha value is -4.25. The van der Waals surface area contributed by atoms with Crippen molar-refractivity contribution in [1.29, 1.82) is 0 Å². The van der Waals surface area contributed by atoms with E-state index in [9.17, 15) is 19.1 Å². The molecule has 5 rings (SSSR count). The van der Waals surface area contributed by atoms with Crippen LogP contribution < -0.4 is 4.90 Å². The molecule has 4 aromatic rings. The van der Waals surface area contributed by atoms with Crippen molar-refractivity contribution in [3.63, 3.8) is 0 Å². The van der Waals surface area contributed by atoms with Crippen LogP contribution in [0.3, 0.4) is 0 Å². The van der Waals surface area contributed by atoms with Gasteiger partial charge in [-0.25, -0.2) is 4.39 Å². The summed E-state index contributed by atoms with van der Waals surface area (Å²) in [7, 11) is 0. The minimum absolute atomic E-state index is 0.00825. The number of halogens is 1. The lowest BCUT2D eigenvalue weighted by atomic mass is 9.92. The fourth-order valence-electron chi connectivity index (χ4n) is 4.38. The summed E-state index contributed by atoms with van der Waals surface area (Å²) in [6.45, 7) is 1.89. The maximum absolute atomic E-state index is 13.6. The van der Waals surface area contributed by atoms with Crippen LogP contribution >= 0.6 is 0 Å².